The number of rotatable bonds is 5. The molecule has 1 aliphatic heterocycles. The van der Waals surface area contributed by atoms with Gasteiger partial charge in [0.15, 0.2) is 0 Å². The van der Waals surface area contributed by atoms with Crippen LogP contribution < -0.4 is 21.0 Å². The van der Waals surface area contributed by atoms with Crippen LogP contribution >= 0.6 is 0 Å². The Kier molecular flexibility index (Phi) is 5.42. The number of aryl methyl sites for hydroxylation is 1. The average molecular weight is 338 g/mol. The number of hydrazone groups is 1. The van der Waals surface area contributed by atoms with E-state index in [0.29, 0.717) is 12.2 Å². The third-order valence-corrected chi connectivity index (χ3v) is 4.22. The number of amides is 1. The lowest BCUT2D eigenvalue weighted by Gasteiger charge is -2.09. The number of hydrogen-bond donors (Lipinski definition) is 3. The van der Waals surface area contributed by atoms with Crippen molar-refractivity contribution < 1.29 is 9.53 Å². The van der Waals surface area contributed by atoms with Crippen LogP contribution in [-0.4, -0.2) is 25.3 Å². The van der Waals surface area contributed by atoms with Crippen molar-refractivity contribution in [2.24, 2.45) is 5.10 Å². The molecule has 0 bridgehead atoms. The average Bonchev–Trinajstić information content (AvgIpc) is 3.13. The maximum absolute atomic E-state index is 12.3. The second kappa shape index (κ2) is 7.92. The molecule has 2 aromatic carbocycles. The maximum atomic E-state index is 12.3. The summed E-state index contributed by atoms with van der Waals surface area (Å²) in [5.74, 6) is 0.536. The van der Waals surface area contributed by atoms with E-state index in [-0.39, 0.29) is 18.0 Å². The summed E-state index contributed by atoms with van der Waals surface area (Å²) in [6, 6.07) is 15.6. The summed E-state index contributed by atoms with van der Waals surface area (Å²) in [4.78, 5) is 12.3. The number of nitrogens with zero attached hydrogens (tertiary/aromatic N) is 1. The predicted molar refractivity (Wildman–Crippen MR) is 97.3 cm³/mol. The Morgan fingerprint density at radius 2 is 1.96 bits per heavy atom. The SMILES string of the molecule is COc1ccccc1/C=N/NC(=O)C1CC(c2ccc(C)cc2)NN1. The molecule has 6 heteroatoms. The zero-order chi connectivity index (χ0) is 17.6. The number of benzene rings is 2. The van der Waals surface area contributed by atoms with Crippen LogP contribution in [0.5, 0.6) is 5.75 Å². The lowest BCUT2D eigenvalue weighted by atomic mass is 10.0. The van der Waals surface area contributed by atoms with Crippen LogP contribution in [0.15, 0.2) is 53.6 Å². The van der Waals surface area contributed by atoms with Gasteiger partial charge in [0, 0.05) is 11.6 Å². The van der Waals surface area contributed by atoms with Gasteiger partial charge in [0.05, 0.1) is 13.3 Å². The first-order chi connectivity index (χ1) is 12.2. The molecule has 1 saturated heterocycles. The standard InChI is InChI=1S/C19H22N4O2/c1-13-7-9-14(10-8-13)16-11-17(22-21-16)19(24)23-20-12-15-5-3-4-6-18(15)25-2/h3-10,12,16-17,21-22H,11H2,1-2H3,(H,23,24)/b20-12+. The van der Waals surface area contributed by atoms with Crippen LogP contribution in [0.4, 0.5) is 0 Å². The van der Waals surface area contributed by atoms with Crippen molar-refractivity contribution in [3.8, 4) is 5.75 Å². The van der Waals surface area contributed by atoms with E-state index in [1.165, 1.54) is 5.56 Å². The van der Waals surface area contributed by atoms with E-state index in [4.69, 9.17) is 4.74 Å². The molecule has 0 aromatic heterocycles. The van der Waals surface area contributed by atoms with E-state index < -0.39 is 0 Å². The van der Waals surface area contributed by atoms with Gasteiger partial charge in [0.2, 0.25) is 0 Å². The Balaban J connectivity index is 1.55. The van der Waals surface area contributed by atoms with Crippen LogP contribution in [-0.2, 0) is 4.79 Å². The monoisotopic (exact) mass is 338 g/mol. The van der Waals surface area contributed by atoms with E-state index in [1.54, 1.807) is 13.3 Å². The Morgan fingerprint density at radius 1 is 1.20 bits per heavy atom. The highest BCUT2D eigenvalue weighted by Crippen LogP contribution is 2.22. The van der Waals surface area contributed by atoms with Gasteiger partial charge >= 0.3 is 0 Å². The molecule has 130 valence electrons. The third kappa shape index (κ3) is 4.23. The zero-order valence-corrected chi connectivity index (χ0v) is 14.3. The highest BCUT2D eigenvalue weighted by molar-refractivity contribution is 5.86. The Hall–Kier alpha value is -2.70. The first-order valence-electron chi connectivity index (χ1n) is 8.21. The van der Waals surface area contributed by atoms with Gasteiger partial charge in [-0.15, -0.1) is 0 Å². The molecule has 2 aromatic rings. The van der Waals surface area contributed by atoms with Gasteiger partial charge in [-0.05, 0) is 31.0 Å². The normalized spacial score (nSPS) is 19.9. The summed E-state index contributed by atoms with van der Waals surface area (Å²) in [6.45, 7) is 2.06. The number of para-hydroxylation sites is 1. The van der Waals surface area contributed by atoms with Crippen LogP contribution in [0.3, 0.4) is 0 Å². The topological polar surface area (TPSA) is 74.8 Å². The lowest BCUT2D eigenvalue weighted by Crippen LogP contribution is -2.41. The number of nitrogens with one attached hydrogen (secondary N) is 3. The molecule has 1 fully saturated rings. The highest BCUT2D eigenvalue weighted by Gasteiger charge is 2.29. The number of carbonyl (C=O) groups is 1. The van der Waals surface area contributed by atoms with Crippen molar-refractivity contribution >= 4 is 12.1 Å². The first kappa shape index (κ1) is 17.1. The van der Waals surface area contributed by atoms with Crippen molar-refractivity contribution in [2.75, 3.05) is 7.11 Å². The van der Waals surface area contributed by atoms with Gasteiger partial charge in [-0.2, -0.15) is 5.10 Å². The van der Waals surface area contributed by atoms with Crippen LogP contribution in [0.1, 0.15) is 29.2 Å². The van der Waals surface area contributed by atoms with Crippen LogP contribution in [0.25, 0.3) is 0 Å². The minimum atomic E-state index is -0.332. The van der Waals surface area contributed by atoms with Gasteiger partial charge in [0.1, 0.15) is 11.8 Å². The minimum absolute atomic E-state index is 0.106. The van der Waals surface area contributed by atoms with Crippen molar-refractivity contribution in [1.82, 2.24) is 16.3 Å². The largest absolute Gasteiger partial charge is 0.496 e. The molecular weight excluding hydrogens is 316 g/mol. The third-order valence-electron chi connectivity index (χ3n) is 4.22. The summed E-state index contributed by atoms with van der Waals surface area (Å²) >= 11 is 0. The van der Waals surface area contributed by atoms with E-state index in [9.17, 15) is 4.79 Å². The molecule has 6 nitrogen and oxygen atoms in total. The van der Waals surface area contributed by atoms with Gasteiger partial charge in [0.25, 0.3) is 5.91 Å². The smallest absolute Gasteiger partial charge is 0.258 e. The number of hydrazine groups is 1. The van der Waals surface area contributed by atoms with E-state index in [1.807, 2.05) is 24.3 Å². The Labute approximate surface area is 147 Å². The van der Waals surface area contributed by atoms with E-state index in [2.05, 4.69) is 52.6 Å². The molecule has 1 amide bonds. The number of ether oxygens (including phenoxy) is 1. The van der Waals surface area contributed by atoms with Gasteiger partial charge in [-0.3, -0.25) is 4.79 Å². The summed E-state index contributed by atoms with van der Waals surface area (Å²) in [7, 11) is 1.60. The number of carbonyl (C=O) groups excluding carboxylic acids is 1. The molecule has 3 N–H and O–H groups in total. The molecule has 0 aliphatic carbocycles. The maximum Gasteiger partial charge on any atom is 0.258 e. The summed E-state index contributed by atoms with van der Waals surface area (Å²) < 4.78 is 5.25. The fourth-order valence-corrected chi connectivity index (χ4v) is 2.76. The molecule has 2 atom stereocenters. The Bertz CT molecular complexity index is 758. The number of methoxy groups -OCH3 is 1. The molecule has 1 heterocycles. The highest BCUT2D eigenvalue weighted by atomic mass is 16.5. The number of hydrogen-bond acceptors (Lipinski definition) is 5. The van der Waals surface area contributed by atoms with Crippen LogP contribution in [0, 0.1) is 6.92 Å². The van der Waals surface area contributed by atoms with Crippen molar-refractivity contribution in [3.63, 3.8) is 0 Å². The summed E-state index contributed by atoms with van der Waals surface area (Å²) in [6.07, 6.45) is 2.25. The fraction of sp³-hybridized carbons (Fsp3) is 0.263. The molecule has 0 spiro atoms. The van der Waals surface area contributed by atoms with Crippen molar-refractivity contribution in [3.05, 3.63) is 65.2 Å². The molecule has 0 radical (unpaired) electrons. The van der Waals surface area contributed by atoms with Gasteiger partial charge < -0.3 is 4.74 Å². The Morgan fingerprint density at radius 3 is 2.72 bits per heavy atom. The minimum Gasteiger partial charge on any atom is -0.496 e. The summed E-state index contributed by atoms with van der Waals surface area (Å²) in [5.41, 5.74) is 12.0. The lowest BCUT2D eigenvalue weighted by molar-refractivity contribution is -0.122. The van der Waals surface area contributed by atoms with Gasteiger partial charge in [-0.25, -0.2) is 16.3 Å². The molecule has 1 aliphatic rings. The zero-order valence-electron chi connectivity index (χ0n) is 14.3. The molecular formula is C19H22N4O2. The molecule has 25 heavy (non-hydrogen) atoms. The molecule has 2 unspecified atom stereocenters. The first-order valence-corrected chi connectivity index (χ1v) is 8.21. The second-order valence-electron chi connectivity index (χ2n) is 6.02. The summed E-state index contributed by atoms with van der Waals surface area (Å²) in [5, 5.41) is 4.03. The molecule has 0 saturated carbocycles. The van der Waals surface area contributed by atoms with Crippen LogP contribution in [0.2, 0.25) is 0 Å². The molecule has 3 rings (SSSR count). The predicted octanol–water partition coefficient (Wildman–Crippen LogP) is 2.06. The van der Waals surface area contributed by atoms with Crippen molar-refractivity contribution in [2.45, 2.75) is 25.4 Å². The second-order valence-corrected chi connectivity index (χ2v) is 6.02. The van der Waals surface area contributed by atoms with Crippen molar-refractivity contribution in [1.29, 1.82) is 0 Å². The van der Waals surface area contributed by atoms with E-state index in [0.717, 1.165) is 11.1 Å². The van der Waals surface area contributed by atoms with Gasteiger partial charge in [-0.1, -0.05) is 42.0 Å². The quantitative estimate of drug-likeness (QED) is 0.576. The fourth-order valence-electron chi connectivity index (χ4n) is 2.76. The van der Waals surface area contributed by atoms with E-state index >= 15 is 0 Å².